The van der Waals surface area contributed by atoms with Gasteiger partial charge in [-0.05, 0) is 53.6 Å². The van der Waals surface area contributed by atoms with Crippen LogP contribution in [-0.2, 0) is 10.0 Å². The molecule has 50 heavy (non-hydrogen) atoms. The van der Waals surface area contributed by atoms with Crippen LogP contribution in [0.3, 0.4) is 0 Å². The number of carbonyl (C=O) groups excluding carboxylic acids is 2. The van der Waals surface area contributed by atoms with E-state index in [9.17, 15) is 31.2 Å². The topological polar surface area (TPSA) is 109 Å². The number of alkyl halides is 2. The number of fused-ring (bicyclic) bond motifs is 1. The molecule has 0 atom stereocenters. The van der Waals surface area contributed by atoms with Crippen molar-refractivity contribution in [2.24, 2.45) is 0 Å². The van der Waals surface area contributed by atoms with Crippen molar-refractivity contribution in [3.05, 3.63) is 77.6 Å². The Balaban J connectivity index is 2.04. The van der Waals surface area contributed by atoms with E-state index in [1.54, 1.807) is 0 Å². The number of benzene rings is 3. The molecule has 0 aliphatic heterocycles. The number of sulfonamides is 1. The third-order valence-electron chi connectivity index (χ3n) is 7.82. The number of anilines is 1. The Morgan fingerprint density at radius 2 is 1.38 bits per heavy atom. The first-order chi connectivity index (χ1) is 22.9. The smallest absolute Gasteiger partial charge is 0.327 e. The van der Waals surface area contributed by atoms with E-state index in [0.717, 1.165) is 24.3 Å². The lowest BCUT2D eigenvalue weighted by molar-refractivity contribution is 0.0895. The van der Waals surface area contributed by atoms with Gasteiger partial charge in [0.25, 0.3) is 11.8 Å². The molecule has 2 amide bonds. The highest BCUT2D eigenvalue weighted by Crippen LogP contribution is 2.53. The number of hydrogen-bond donors (Lipinski definition) is 2. The summed E-state index contributed by atoms with van der Waals surface area (Å²) in [7, 11) is 49.5. The van der Waals surface area contributed by atoms with E-state index in [1.165, 1.54) is 43.4 Å². The summed E-state index contributed by atoms with van der Waals surface area (Å²) < 4.78 is 74.0. The van der Waals surface area contributed by atoms with Crippen molar-refractivity contribution in [2.75, 3.05) is 17.6 Å². The highest BCUT2D eigenvalue weighted by atomic mass is 32.2. The molecule has 0 saturated carbocycles. The van der Waals surface area contributed by atoms with Gasteiger partial charge in [0.15, 0.2) is 0 Å². The first-order valence-electron chi connectivity index (χ1n) is 14.2. The van der Waals surface area contributed by atoms with E-state index in [4.69, 9.17) is 75.0 Å². The second-order valence-electron chi connectivity index (χ2n) is 11.7. The van der Waals surface area contributed by atoms with E-state index in [0.29, 0.717) is 6.26 Å². The number of nitrogens with zero attached hydrogens (tertiary/aromatic N) is 1. The van der Waals surface area contributed by atoms with Gasteiger partial charge in [-0.2, -0.15) is 8.78 Å². The number of halogens is 3. The fourth-order valence-corrected chi connectivity index (χ4v) is 6.45. The molecule has 0 aliphatic rings. The van der Waals surface area contributed by atoms with Gasteiger partial charge in [-0.3, -0.25) is 9.59 Å². The van der Waals surface area contributed by atoms with Gasteiger partial charge in [0.05, 0.1) is 88.1 Å². The highest BCUT2D eigenvalue weighted by Gasteiger charge is 2.54. The van der Waals surface area contributed by atoms with Crippen LogP contribution in [0.2, 0.25) is 15.3 Å². The van der Waals surface area contributed by atoms with Crippen molar-refractivity contribution < 1.29 is 35.6 Å². The molecule has 0 saturated heterocycles. The predicted molar refractivity (Wildman–Crippen MR) is 194 cm³/mol. The zero-order chi connectivity index (χ0) is 37.8. The molecule has 1 heterocycles. The quantitative estimate of drug-likeness (QED) is 0.185. The molecular formula is C29H19B9F3N3O5S. The summed E-state index contributed by atoms with van der Waals surface area (Å²) >= 11 is 0. The van der Waals surface area contributed by atoms with Crippen molar-refractivity contribution in [1.29, 1.82) is 0 Å². The third-order valence-corrected chi connectivity index (χ3v) is 8.89. The molecule has 0 fully saturated rings. The van der Waals surface area contributed by atoms with Crippen molar-refractivity contribution in [3.8, 4) is 22.5 Å². The van der Waals surface area contributed by atoms with Crippen LogP contribution in [0.1, 0.15) is 20.7 Å². The van der Waals surface area contributed by atoms with Crippen molar-refractivity contribution in [2.45, 2.75) is 27.4 Å². The fourth-order valence-electron chi connectivity index (χ4n) is 5.65. The average Bonchev–Trinajstić information content (AvgIpc) is 3.35. The first-order valence-corrected chi connectivity index (χ1v) is 16.1. The van der Waals surface area contributed by atoms with Crippen LogP contribution >= 0.6 is 0 Å². The molecule has 0 bridgehead atoms. The Morgan fingerprint density at radius 3 is 1.86 bits per heavy atom. The lowest BCUT2D eigenvalue weighted by Crippen LogP contribution is -2.71. The maximum absolute atomic E-state index is 14.5. The molecule has 4 aromatic rings. The van der Waals surface area contributed by atoms with Gasteiger partial charge in [0.2, 0.25) is 10.0 Å². The van der Waals surface area contributed by atoms with Crippen molar-refractivity contribution in [3.63, 3.8) is 0 Å². The SMILES string of the molecule is [B]C([B])([B])C(NC(=O)c1cccc(-c2cc3c(C(=O)NC)c(-c4ccc(F)cc4)oc3cc2N(C(F)F)S(C)(=O)=O)c1)(C([B])([B])[B])C([B])([B])[B]. The normalized spacial score (nSPS) is 12.9. The second-order valence-corrected chi connectivity index (χ2v) is 13.5. The summed E-state index contributed by atoms with van der Waals surface area (Å²) in [4.78, 5) is 26.9. The molecule has 4 rings (SSSR count). The molecule has 0 unspecified atom stereocenters. The van der Waals surface area contributed by atoms with Crippen molar-refractivity contribution in [1.82, 2.24) is 10.6 Å². The van der Waals surface area contributed by atoms with Crippen LogP contribution in [0, 0.1) is 5.82 Å². The lowest BCUT2D eigenvalue weighted by Gasteiger charge is -2.65. The van der Waals surface area contributed by atoms with Crippen LogP contribution in [0.25, 0.3) is 33.4 Å². The number of furan rings is 1. The van der Waals surface area contributed by atoms with Gasteiger partial charge in [-0.1, -0.05) is 12.1 Å². The van der Waals surface area contributed by atoms with Gasteiger partial charge >= 0.3 is 6.55 Å². The van der Waals surface area contributed by atoms with Crippen LogP contribution in [0.5, 0.6) is 0 Å². The lowest BCUT2D eigenvalue weighted by atomic mass is 9.12. The van der Waals surface area contributed by atoms with Gasteiger partial charge < -0.3 is 15.1 Å². The van der Waals surface area contributed by atoms with Crippen LogP contribution in [0.4, 0.5) is 18.9 Å². The largest absolute Gasteiger partial charge is 0.455 e. The molecule has 0 spiro atoms. The minimum Gasteiger partial charge on any atom is -0.455 e. The zero-order valence-corrected chi connectivity index (χ0v) is 27.4. The molecule has 3 aromatic carbocycles. The molecule has 21 heteroatoms. The fraction of sp³-hybridized carbons (Fsp3) is 0.241. The molecule has 1 aromatic heterocycles. The number of amides is 2. The first kappa shape index (κ1) is 39.1. The summed E-state index contributed by atoms with van der Waals surface area (Å²) in [5, 5.41) is -3.27. The maximum atomic E-state index is 14.5. The molecule has 0 aliphatic carbocycles. The molecular weight excluding hydrogens is 657 g/mol. The monoisotopic (exact) mass is 677 g/mol. The summed E-state index contributed by atoms with van der Waals surface area (Å²) in [5.74, 6) is -2.47. The Morgan fingerprint density at radius 1 is 0.820 bits per heavy atom. The predicted octanol–water partition coefficient (Wildman–Crippen LogP) is 1.46. The van der Waals surface area contributed by atoms with E-state index >= 15 is 0 Å². The van der Waals surface area contributed by atoms with E-state index in [-0.39, 0.29) is 48.9 Å². The van der Waals surface area contributed by atoms with Gasteiger partial charge in [0.1, 0.15) is 17.2 Å². The number of carbonyl (C=O) groups is 2. The Labute approximate surface area is 299 Å². The van der Waals surface area contributed by atoms with Crippen LogP contribution in [0.15, 0.2) is 65.1 Å². The van der Waals surface area contributed by atoms with Gasteiger partial charge in [0, 0.05) is 35.2 Å². The highest BCUT2D eigenvalue weighted by molar-refractivity contribution is 7.92. The van der Waals surface area contributed by atoms with Gasteiger partial charge in [-0.15, -0.1) is 15.3 Å². The summed E-state index contributed by atoms with van der Waals surface area (Å²) in [5.41, 5.74) is -3.94. The zero-order valence-electron chi connectivity index (χ0n) is 26.6. The number of hydrogen-bond acceptors (Lipinski definition) is 5. The number of nitrogens with one attached hydrogen (secondary N) is 2. The number of rotatable bonds is 11. The maximum Gasteiger partial charge on any atom is 0.327 e. The molecule has 18 radical (unpaired) electrons. The van der Waals surface area contributed by atoms with Crippen LogP contribution < -0.4 is 14.9 Å². The van der Waals surface area contributed by atoms with E-state index in [1.807, 2.05) is 0 Å². The Kier molecular flexibility index (Phi) is 10.5. The minimum atomic E-state index is -4.68. The van der Waals surface area contributed by atoms with E-state index < -0.39 is 60.8 Å². The molecule has 2 N–H and O–H groups in total. The van der Waals surface area contributed by atoms with Gasteiger partial charge in [-0.25, -0.2) is 17.1 Å². The molecule has 8 nitrogen and oxygen atoms in total. The van der Waals surface area contributed by atoms with Crippen LogP contribution in [-0.4, -0.2) is 116 Å². The Hall–Kier alpha value is -3.74. The summed E-state index contributed by atoms with van der Waals surface area (Å²) in [6.07, 6.45) is 0.550. The standard InChI is InChI=1S/C29H19B9F3N3O5S/c1-42-24(46)21-18-11-17(14-4-3-5-15(10-14)23(45)43-26(27(30,31)32,28(33,34)35)29(36,37)38)19(44(25(40)41)50(2,47)48)12-20(18)49-22(21)13-6-8-16(39)9-7-13/h3-12,25H,1-2H3,(H,42,46)(H,43,45). The molecule has 234 valence electrons. The average molecular weight is 676 g/mol. The Bertz CT molecular complexity index is 2030. The summed E-state index contributed by atoms with van der Waals surface area (Å²) in [6, 6.07) is 12.1. The van der Waals surface area contributed by atoms with Crippen molar-refractivity contribution >= 4 is 109 Å². The van der Waals surface area contributed by atoms with E-state index in [2.05, 4.69) is 10.6 Å². The minimum absolute atomic E-state index is 0.0385. The second kappa shape index (κ2) is 13.4. The summed E-state index contributed by atoms with van der Waals surface area (Å²) in [6.45, 7) is -3.61. The third kappa shape index (κ3) is 7.07.